The molecule has 0 aliphatic heterocycles. The molecule has 76 valence electrons. The Balaban J connectivity index is 2.93. The lowest BCUT2D eigenvalue weighted by atomic mass is 9.99. The van der Waals surface area contributed by atoms with E-state index in [2.05, 4.69) is 19.1 Å². The van der Waals surface area contributed by atoms with E-state index in [1.54, 1.807) is 0 Å². The summed E-state index contributed by atoms with van der Waals surface area (Å²) in [4.78, 5) is 0. The van der Waals surface area contributed by atoms with E-state index in [1.807, 2.05) is 18.2 Å². The standard InChI is InChI=1S/C13H14N2/c1-2-3-4-12-9-11(7-8-14)5-6-13(12)10-15/h5-6,9H,2-4,7H2,1H3. The van der Waals surface area contributed by atoms with Crippen LogP contribution in [0.15, 0.2) is 18.2 Å². The van der Waals surface area contributed by atoms with Gasteiger partial charge < -0.3 is 0 Å². The number of hydrogen-bond donors (Lipinski definition) is 0. The smallest absolute Gasteiger partial charge is 0.0994 e. The summed E-state index contributed by atoms with van der Waals surface area (Å²) in [6, 6.07) is 9.97. The molecule has 0 aliphatic rings. The monoisotopic (exact) mass is 198 g/mol. The van der Waals surface area contributed by atoms with Crippen molar-refractivity contribution in [1.82, 2.24) is 0 Å². The molecular formula is C13H14N2. The minimum absolute atomic E-state index is 0.421. The molecule has 0 radical (unpaired) electrons. The number of nitrogens with zero attached hydrogens (tertiary/aromatic N) is 2. The second kappa shape index (κ2) is 5.83. The van der Waals surface area contributed by atoms with Crippen LogP contribution in [0.3, 0.4) is 0 Å². The highest BCUT2D eigenvalue weighted by Gasteiger charge is 2.02. The van der Waals surface area contributed by atoms with Gasteiger partial charge in [0.05, 0.1) is 24.1 Å². The molecule has 0 heterocycles. The highest BCUT2D eigenvalue weighted by Crippen LogP contribution is 2.14. The van der Waals surface area contributed by atoms with Crippen molar-refractivity contribution < 1.29 is 0 Å². The Kier molecular flexibility index (Phi) is 4.38. The molecule has 0 saturated heterocycles. The minimum atomic E-state index is 0.421. The third-order valence-corrected chi connectivity index (χ3v) is 2.37. The fraction of sp³-hybridized carbons (Fsp3) is 0.385. The van der Waals surface area contributed by atoms with E-state index in [-0.39, 0.29) is 0 Å². The van der Waals surface area contributed by atoms with Crippen molar-refractivity contribution in [3.8, 4) is 12.1 Å². The molecule has 2 heteroatoms. The van der Waals surface area contributed by atoms with Crippen molar-refractivity contribution >= 4 is 0 Å². The molecular weight excluding hydrogens is 184 g/mol. The Morgan fingerprint density at radius 1 is 1.27 bits per heavy atom. The van der Waals surface area contributed by atoms with E-state index in [1.165, 1.54) is 0 Å². The summed E-state index contributed by atoms with van der Waals surface area (Å²) in [5.74, 6) is 0. The van der Waals surface area contributed by atoms with Crippen LogP contribution in [-0.4, -0.2) is 0 Å². The maximum Gasteiger partial charge on any atom is 0.0994 e. The molecule has 0 saturated carbocycles. The summed E-state index contributed by atoms with van der Waals surface area (Å²) in [6.45, 7) is 2.13. The van der Waals surface area contributed by atoms with Crippen molar-refractivity contribution in [2.45, 2.75) is 32.6 Å². The van der Waals surface area contributed by atoms with Gasteiger partial charge in [0.15, 0.2) is 0 Å². The number of aryl methyl sites for hydroxylation is 1. The second-order valence-corrected chi connectivity index (χ2v) is 3.54. The van der Waals surface area contributed by atoms with Crippen molar-refractivity contribution in [2.24, 2.45) is 0 Å². The first-order chi connectivity index (χ1) is 7.31. The van der Waals surface area contributed by atoms with Crippen molar-refractivity contribution in [3.05, 3.63) is 34.9 Å². The van der Waals surface area contributed by atoms with Crippen molar-refractivity contribution in [3.63, 3.8) is 0 Å². The normalized spacial score (nSPS) is 9.27. The molecule has 0 aromatic heterocycles. The van der Waals surface area contributed by atoms with Crippen LogP contribution in [0.5, 0.6) is 0 Å². The van der Waals surface area contributed by atoms with E-state index >= 15 is 0 Å². The van der Waals surface area contributed by atoms with Gasteiger partial charge in [-0.2, -0.15) is 10.5 Å². The average Bonchev–Trinajstić information content (AvgIpc) is 2.27. The van der Waals surface area contributed by atoms with Gasteiger partial charge in [-0.25, -0.2) is 0 Å². The molecule has 0 bridgehead atoms. The van der Waals surface area contributed by atoms with Crippen LogP contribution in [0.4, 0.5) is 0 Å². The van der Waals surface area contributed by atoms with Gasteiger partial charge in [0.25, 0.3) is 0 Å². The van der Waals surface area contributed by atoms with Crippen LogP contribution in [0, 0.1) is 22.7 Å². The van der Waals surface area contributed by atoms with Gasteiger partial charge in [0.1, 0.15) is 0 Å². The van der Waals surface area contributed by atoms with Crippen molar-refractivity contribution in [2.75, 3.05) is 0 Å². The Morgan fingerprint density at radius 3 is 2.67 bits per heavy atom. The fourth-order valence-corrected chi connectivity index (χ4v) is 1.53. The number of rotatable bonds is 4. The van der Waals surface area contributed by atoms with E-state index in [9.17, 15) is 0 Å². The summed E-state index contributed by atoms with van der Waals surface area (Å²) in [5.41, 5.74) is 2.82. The first-order valence-corrected chi connectivity index (χ1v) is 5.20. The van der Waals surface area contributed by atoms with E-state index < -0.39 is 0 Å². The van der Waals surface area contributed by atoms with Gasteiger partial charge in [-0.05, 0) is 30.0 Å². The first kappa shape index (κ1) is 11.3. The third kappa shape index (κ3) is 3.11. The predicted molar refractivity (Wildman–Crippen MR) is 59.1 cm³/mol. The lowest BCUT2D eigenvalue weighted by Gasteiger charge is -2.04. The lowest BCUT2D eigenvalue weighted by Crippen LogP contribution is -1.93. The van der Waals surface area contributed by atoms with Crippen molar-refractivity contribution in [1.29, 1.82) is 10.5 Å². The Hall–Kier alpha value is -1.80. The number of nitriles is 2. The molecule has 0 aliphatic carbocycles. The van der Waals surface area contributed by atoms with Gasteiger partial charge in [-0.15, -0.1) is 0 Å². The van der Waals surface area contributed by atoms with Crippen LogP contribution in [-0.2, 0) is 12.8 Å². The molecule has 1 rings (SSSR count). The Morgan fingerprint density at radius 2 is 2.07 bits per heavy atom. The highest BCUT2D eigenvalue weighted by molar-refractivity contribution is 5.41. The highest BCUT2D eigenvalue weighted by atomic mass is 14.3. The maximum atomic E-state index is 8.92. The van der Waals surface area contributed by atoms with Gasteiger partial charge in [0.2, 0.25) is 0 Å². The maximum absolute atomic E-state index is 8.92. The molecule has 1 aromatic carbocycles. The molecule has 0 spiro atoms. The third-order valence-electron chi connectivity index (χ3n) is 2.37. The van der Waals surface area contributed by atoms with Crippen LogP contribution < -0.4 is 0 Å². The number of benzene rings is 1. The fourth-order valence-electron chi connectivity index (χ4n) is 1.53. The Bertz CT molecular complexity index is 408. The summed E-state index contributed by atoms with van der Waals surface area (Å²) < 4.78 is 0. The van der Waals surface area contributed by atoms with Gasteiger partial charge >= 0.3 is 0 Å². The zero-order chi connectivity index (χ0) is 11.1. The molecule has 1 aromatic rings. The van der Waals surface area contributed by atoms with E-state index in [0.29, 0.717) is 6.42 Å². The van der Waals surface area contributed by atoms with E-state index in [4.69, 9.17) is 10.5 Å². The van der Waals surface area contributed by atoms with Crippen LogP contribution >= 0.6 is 0 Å². The zero-order valence-corrected chi connectivity index (χ0v) is 8.95. The predicted octanol–water partition coefficient (Wildman–Crippen LogP) is 2.97. The molecule has 15 heavy (non-hydrogen) atoms. The number of unbranched alkanes of at least 4 members (excludes halogenated alkanes) is 1. The van der Waals surface area contributed by atoms with Crippen LogP contribution in [0.2, 0.25) is 0 Å². The topological polar surface area (TPSA) is 47.6 Å². The summed E-state index contributed by atoms with van der Waals surface area (Å²) in [7, 11) is 0. The molecule has 0 unspecified atom stereocenters. The van der Waals surface area contributed by atoms with Gasteiger partial charge in [-0.3, -0.25) is 0 Å². The first-order valence-electron chi connectivity index (χ1n) is 5.20. The molecule has 0 N–H and O–H groups in total. The number of hydrogen-bond acceptors (Lipinski definition) is 2. The van der Waals surface area contributed by atoms with Gasteiger partial charge in [0, 0.05) is 0 Å². The average molecular weight is 198 g/mol. The second-order valence-electron chi connectivity index (χ2n) is 3.54. The zero-order valence-electron chi connectivity index (χ0n) is 8.95. The Labute approximate surface area is 90.8 Å². The molecule has 0 amide bonds. The lowest BCUT2D eigenvalue weighted by molar-refractivity contribution is 0.792. The van der Waals surface area contributed by atoms with Gasteiger partial charge in [-0.1, -0.05) is 25.5 Å². The van der Waals surface area contributed by atoms with Crippen LogP contribution in [0.25, 0.3) is 0 Å². The molecule has 2 nitrogen and oxygen atoms in total. The van der Waals surface area contributed by atoms with E-state index in [0.717, 1.165) is 36.0 Å². The largest absolute Gasteiger partial charge is 0.198 e. The van der Waals surface area contributed by atoms with Crippen LogP contribution in [0.1, 0.15) is 36.5 Å². The summed E-state index contributed by atoms with van der Waals surface area (Å²) in [5, 5.41) is 17.5. The summed E-state index contributed by atoms with van der Waals surface area (Å²) in [6.07, 6.45) is 3.56. The quantitative estimate of drug-likeness (QED) is 0.746. The minimum Gasteiger partial charge on any atom is -0.198 e. The molecule has 0 fully saturated rings. The SMILES string of the molecule is CCCCc1cc(CC#N)ccc1C#N. The summed E-state index contributed by atoms with van der Waals surface area (Å²) >= 11 is 0. The molecule has 0 atom stereocenters.